The summed E-state index contributed by atoms with van der Waals surface area (Å²) in [4.78, 5) is 17.6. The zero-order chi connectivity index (χ0) is 14.8. The Bertz CT molecular complexity index is 542. The third-order valence-electron chi connectivity index (χ3n) is 3.72. The zero-order valence-corrected chi connectivity index (χ0v) is 13.4. The molecule has 0 amide bonds. The molecular weight excluding hydrogens is 290 g/mol. The van der Waals surface area contributed by atoms with Crippen LogP contribution in [0.1, 0.15) is 37.8 Å². The van der Waals surface area contributed by atoms with Gasteiger partial charge < -0.3 is 9.94 Å². The van der Waals surface area contributed by atoms with Gasteiger partial charge in [0.1, 0.15) is 11.3 Å². The average molecular weight is 312 g/mol. The van der Waals surface area contributed by atoms with E-state index in [0.29, 0.717) is 17.9 Å². The number of fused-ring (bicyclic) bond motifs is 1. The van der Waals surface area contributed by atoms with E-state index in [-0.39, 0.29) is 23.9 Å². The van der Waals surface area contributed by atoms with Crippen molar-refractivity contribution in [2.24, 2.45) is 5.92 Å². The minimum Gasteiger partial charge on any atom is -0.507 e. The summed E-state index contributed by atoms with van der Waals surface area (Å²) in [5, 5.41) is 9.98. The van der Waals surface area contributed by atoms with Gasteiger partial charge in [-0.25, -0.2) is 0 Å². The molecule has 21 heavy (non-hydrogen) atoms. The highest BCUT2D eigenvalue weighted by Gasteiger charge is 2.43. The van der Waals surface area contributed by atoms with Gasteiger partial charge >= 0.3 is 0 Å². The Morgan fingerprint density at radius 2 is 2.00 bits per heavy atom. The predicted octanol–water partition coefficient (Wildman–Crippen LogP) is 3.37. The number of halogens is 1. The highest BCUT2D eigenvalue weighted by atomic mass is 35.5. The quantitative estimate of drug-likeness (QED) is 0.819. The van der Waals surface area contributed by atoms with Crippen LogP contribution < -0.4 is 5.48 Å². The summed E-state index contributed by atoms with van der Waals surface area (Å²) in [5.74, 6) is 0.324. The fourth-order valence-corrected chi connectivity index (χ4v) is 2.63. The molecular formula is C16H22ClNO3. The Balaban J connectivity index is 0.00000220. The second-order valence-corrected chi connectivity index (χ2v) is 5.58. The number of carbonyl (C=O) groups excluding carboxylic acids is 1. The van der Waals surface area contributed by atoms with E-state index in [0.717, 1.165) is 12.0 Å². The normalized spacial score (nSPS) is 20.8. The molecule has 1 aromatic carbocycles. The van der Waals surface area contributed by atoms with Crippen LogP contribution in [0.25, 0.3) is 5.76 Å². The monoisotopic (exact) mass is 311 g/mol. The number of aliphatic hydroxyl groups is 1. The Morgan fingerprint density at radius 1 is 1.33 bits per heavy atom. The topological polar surface area (TPSA) is 58.6 Å². The fraction of sp³-hybridized carbons (Fsp3) is 0.438. The molecule has 2 rings (SSSR count). The van der Waals surface area contributed by atoms with Crippen LogP contribution in [0.5, 0.6) is 0 Å². The first kappa shape index (κ1) is 17.7. The van der Waals surface area contributed by atoms with Crippen LogP contribution in [0.4, 0.5) is 0 Å². The Morgan fingerprint density at radius 3 is 2.62 bits per heavy atom. The zero-order valence-electron chi connectivity index (χ0n) is 12.6. The third-order valence-corrected chi connectivity index (χ3v) is 3.72. The van der Waals surface area contributed by atoms with E-state index in [1.54, 1.807) is 0 Å². The van der Waals surface area contributed by atoms with Crippen molar-refractivity contribution < 1.29 is 14.7 Å². The van der Waals surface area contributed by atoms with Crippen LogP contribution in [-0.4, -0.2) is 18.0 Å². The smallest absolute Gasteiger partial charge is 0.186 e. The van der Waals surface area contributed by atoms with Gasteiger partial charge in [0.05, 0.1) is 7.11 Å². The van der Waals surface area contributed by atoms with Gasteiger partial charge in [0, 0.05) is 11.6 Å². The first-order valence-electron chi connectivity index (χ1n) is 6.86. The lowest BCUT2D eigenvalue weighted by atomic mass is 9.75. The maximum atomic E-state index is 12.5. The summed E-state index contributed by atoms with van der Waals surface area (Å²) in [6, 6.07) is 7.39. The average Bonchev–Trinajstić information content (AvgIpc) is 2.42. The van der Waals surface area contributed by atoms with Gasteiger partial charge in [0.2, 0.25) is 0 Å². The molecule has 0 bridgehead atoms. The van der Waals surface area contributed by atoms with Gasteiger partial charge in [-0.1, -0.05) is 38.1 Å². The van der Waals surface area contributed by atoms with Crippen molar-refractivity contribution in [3.05, 3.63) is 41.5 Å². The van der Waals surface area contributed by atoms with Crippen molar-refractivity contribution in [3.63, 3.8) is 0 Å². The first-order chi connectivity index (χ1) is 9.51. The number of hydrogen-bond donors (Lipinski definition) is 2. The third kappa shape index (κ3) is 3.28. The summed E-state index contributed by atoms with van der Waals surface area (Å²) in [5.41, 5.74) is 3.41. The molecule has 1 atom stereocenters. The molecule has 0 aliphatic heterocycles. The number of hydrogen-bond acceptors (Lipinski definition) is 4. The summed E-state index contributed by atoms with van der Waals surface area (Å²) in [7, 11) is 1.51. The summed E-state index contributed by atoms with van der Waals surface area (Å²) in [6.45, 7) is 4.24. The molecule has 1 unspecified atom stereocenters. The van der Waals surface area contributed by atoms with Gasteiger partial charge in [-0.3, -0.25) is 4.79 Å². The van der Waals surface area contributed by atoms with E-state index in [9.17, 15) is 9.90 Å². The van der Waals surface area contributed by atoms with E-state index >= 15 is 0 Å². The maximum absolute atomic E-state index is 12.5. The number of aliphatic hydroxyl groups excluding tert-OH is 1. The molecule has 0 aromatic heterocycles. The van der Waals surface area contributed by atoms with Crippen molar-refractivity contribution in [3.8, 4) is 0 Å². The molecule has 0 heterocycles. The van der Waals surface area contributed by atoms with E-state index in [1.807, 2.05) is 24.3 Å². The molecule has 2 N–H and O–H groups in total. The highest BCUT2D eigenvalue weighted by molar-refractivity contribution is 6.06. The molecule has 116 valence electrons. The van der Waals surface area contributed by atoms with Crippen LogP contribution in [-0.2, 0) is 15.2 Å². The molecule has 0 saturated carbocycles. The SMILES string of the molecule is CONC1(CCC(C)C)C(=O)C=C(O)c2ccccc21.Cl. The molecule has 5 heteroatoms. The summed E-state index contributed by atoms with van der Waals surface area (Å²) < 4.78 is 0. The number of carbonyl (C=O) groups is 1. The lowest BCUT2D eigenvalue weighted by molar-refractivity contribution is -0.128. The minimum absolute atomic E-state index is 0. The van der Waals surface area contributed by atoms with Crippen molar-refractivity contribution in [1.29, 1.82) is 0 Å². The minimum atomic E-state index is -0.915. The van der Waals surface area contributed by atoms with Crippen molar-refractivity contribution >= 4 is 23.9 Å². The van der Waals surface area contributed by atoms with E-state index in [1.165, 1.54) is 13.2 Å². The van der Waals surface area contributed by atoms with Crippen LogP contribution in [0.15, 0.2) is 30.3 Å². The lowest BCUT2D eigenvalue weighted by Gasteiger charge is -2.36. The predicted molar refractivity (Wildman–Crippen MR) is 85.2 cm³/mol. The standard InChI is InChI=1S/C16H21NO3.ClH/c1-11(2)8-9-16(17-20-3)13-7-5-4-6-12(13)14(18)10-15(16)19;/h4-7,10-11,17-18H,8-9H2,1-3H3;1H. The van der Waals surface area contributed by atoms with Gasteiger partial charge in [0.15, 0.2) is 5.78 Å². The number of hydroxylamine groups is 1. The van der Waals surface area contributed by atoms with Crippen LogP contribution >= 0.6 is 12.4 Å². The number of ketones is 1. The Kier molecular flexibility index (Phi) is 5.96. The Hall–Kier alpha value is -1.36. The van der Waals surface area contributed by atoms with E-state index in [2.05, 4.69) is 19.3 Å². The fourth-order valence-electron chi connectivity index (χ4n) is 2.63. The van der Waals surface area contributed by atoms with E-state index < -0.39 is 5.54 Å². The molecule has 0 saturated heterocycles. The van der Waals surface area contributed by atoms with Gasteiger partial charge in [-0.05, 0) is 24.3 Å². The lowest BCUT2D eigenvalue weighted by Crippen LogP contribution is -2.50. The molecule has 0 radical (unpaired) electrons. The molecule has 1 aliphatic rings. The molecule has 0 spiro atoms. The van der Waals surface area contributed by atoms with Crippen LogP contribution in [0.3, 0.4) is 0 Å². The van der Waals surface area contributed by atoms with E-state index in [4.69, 9.17) is 4.84 Å². The van der Waals surface area contributed by atoms with Gasteiger partial charge in [-0.2, -0.15) is 5.48 Å². The number of benzene rings is 1. The van der Waals surface area contributed by atoms with Crippen LogP contribution in [0.2, 0.25) is 0 Å². The molecule has 1 aromatic rings. The molecule has 1 aliphatic carbocycles. The number of rotatable bonds is 5. The largest absolute Gasteiger partial charge is 0.507 e. The van der Waals surface area contributed by atoms with Crippen molar-refractivity contribution in [1.82, 2.24) is 5.48 Å². The molecule has 0 fully saturated rings. The van der Waals surface area contributed by atoms with Gasteiger partial charge in [-0.15, -0.1) is 12.4 Å². The number of nitrogens with one attached hydrogen (secondary N) is 1. The summed E-state index contributed by atoms with van der Waals surface area (Å²) >= 11 is 0. The second kappa shape index (κ2) is 7.07. The van der Waals surface area contributed by atoms with Crippen LogP contribution in [0, 0.1) is 5.92 Å². The maximum Gasteiger partial charge on any atom is 0.186 e. The molecule has 4 nitrogen and oxygen atoms in total. The Labute approximate surface area is 131 Å². The first-order valence-corrected chi connectivity index (χ1v) is 6.86. The highest BCUT2D eigenvalue weighted by Crippen LogP contribution is 2.38. The van der Waals surface area contributed by atoms with Gasteiger partial charge in [0.25, 0.3) is 0 Å². The second-order valence-electron chi connectivity index (χ2n) is 5.58. The van der Waals surface area contributed by atoms with Crippen molar-refractivity contribution in [2.45, 2.75) is 32.2 Å². The summed E-state index contributed by atoms with van der Waals surface area (Å²) in [6.07, 6.45) is 2.79. The van der Waals surface area contributed by atoms with Crippen molar-refractivity contribution in [2.75, 3.05) is 7.11 Å².